The first-order valence-electron chi connectivity index (χ1n) is 12.3. The number of benzene rings is 2. The second-order valence-electron chi connectivity index (χ2n) is 7.92. The van der Waals surface area contributed by atoms with E-state index in [1.807, 2.05) is 19.1 Å². The van der Waals surface area contributed by atoms with E-state index in [-0.39, 0.29) is 24.2 Å². The van der Waals surface area contributed by atoms with Crippen molar-refractivity contribution in [2.45, 2.75) is 46.1 Å². The van der Waals surface area contributed by atoms with Crippen LogP contribution in [0.5, 0.6) is 5.75 Å². The number of esters is 1. The van der Waals surface area contributed by atoms with Crippen LogP contribution >= 0.6 is 0 Å². The van der Waals surface area contributed by atoms with Crippen LogP contribution in [0.3, 0.4) is 0 Å². The molecule has 0 bridgehead atoms. The number of unbranched alkanes of at least 4 members (excludes halogenated alkanes) is 1. The van der Waals surface area contributed by atoms with Crippen LogP contribution in [0.25, 0.3) is 17.2 Å². The minimum Gasteiger partial charge on any atom is -0.464 e. The number of ether oxygens (including phenoxy) is 3. The number of aromatic nitrogens is 2. The number of halogens is 1. The van der Waals surface area contributed by atoms with Crippen LogP contribution in [-0.2, 0) is 25.5 Å². The zero-order valence-electron chi connectivity index (χ0n) is 21.2. The fourth-order valence-corrected chi connectivity index (χ4v) is 3.24. The predicted octanol–water partition coefficient (Wildman–Crippen LogP) is 5.09. The maximum absolute atomic E-state index is 13.3. The largest absolute Gasteiger partial charge is 0.464 e. The van der Waals surface area contributed by atoms with E-state index in [4.69, 9.17) is 23.5 Å². The molecule has 0 saturated carbocycles. The van der Waals surface area contributed by atoms with Crippen molar-refractivity contribution in [3.05, 3.63) is 72.1 Å². The van der Waals surface area contributed by atoms with Crippen LogP contribution < -0.4 is 10.2 Å². The van der Waals surface area contributed by atoms with Crippen molar-refractivity contribution in [1.82, 2.24) is 15.7 Å². The Morgan fingerprint density at radius 2 is 1.92 bits per heavy atom. The quantitative estimate of drug-likeness (QED) is 0.129. The molecule has 3 aromatic rings. The van der Waals surface area contributed by atoms with Gasteiger partial charge in [0.25, 0.3) is 5.89 Å². The average Bonchev–Trinajstić information content (AvgIpc) is 3.39. The minimum absolute atomic E-state index is 0.130. The predicted molar refractivity (Wildman–Crippen MR) is 134 cm³/mol. The molecule has 0 aliphatic heterocycles. The summed E-state index contributed by atoms with van der Waals surface area (Å²) >= 11 is 0. The summed E-state index contributed by atoms with van der Waals surface area (Å²) in [6.45, 7) is 6.78. The van der Waals surface area contributed by atoms with Crippen molar-refractivity contribution in [2.75, 3.05) is 19.8 Å². The number of hydrogen-bond donors (Lipinski definition) is 1. The van der Waals surface area contributed by atoms with Crippen molar-refractivity contribution >= 4 is 11.7 Å². The summed E-state index contributed by atoms with van der Waals surface area (Å²) in [7, 11) is 0. The van der Waals surface area contributed by atoms with Gasteiger partial charge in [-0.1, -0.05) is 25.5 Å². The van der Waals surface area contributed by atoms with E-state index >= 15 is 0 Å². The Kier molecular flexibility index (Phi) is 11.1. The summed E-state index contributed by atoms with van der Waals surface area (Å²) in [4.78, 5) is 17.7. The molecule has 1 aromatic heterocycles. The van der Waals surface area contributed by atoms with Gasteiger partial charge >= 0.3 is 5.97 Å². The number of rotatable bonds is 15. The van der Waals surface area contributed by atoms with E-state index in [0.717, 1.165) is 18.4 Å². The Balaban J connectivity index is 1.77. The molecule has 1 N–H and O–H groups in total. The lowest BCUT2D eigenvalue weighted by atomic mass is 10.1. The third-order valence-corrected chi connectivity index (χ3v) is 5.08. The van der Waals surface area contributed by atoms with E-state index in [2.05, 4.69) is 22.6 Å². The molecule has 0 saturated heterocycles. The van der Waals surface area contributed by atoms with Gasteiger partial charge in [0.2, 0.25) is 5.89 Å². The van der Waals surface area contributed by atoms with Gasteiger partial charge in [-0.05, 0) is 62.2 Å². The molecule has 9 nitrogen and oxygen atoms in total. The molecule has 198 valence electrons. The van der Waals surface area contributed by atoms with E-state index in [1.165, 1.54) is 18.4 Å². The fraction of sp³-hybridized carbons (Fsp3) is 0.370. The van der Waals surface area contributed by atoms with Gasteiger partial charge in [-0.2, -0.15) is 0 Å². The molecule has 0 radical (unpaired) electrons. The van der Waals surface area contributed by atoms with Gasteiger partial charge < -0.3 is 18.6 Å². The standard InChI is InChI=1S/C27H32FN3O6/c1-4-7-15-36-31-23(26-30-29-25(37-26)20-11-13-21(28)14-12-20)18-35-22-10-8-9-19(16-22)17-24(33-5-2)27(32)34-6-3/h8-14,16,18,24,31H,4-7,15,17H2,1-3H3. The highest BCUT2D eigenvalue weighted by atomic mass is 19.1. The van der Waals surface area contributed by atoms with Crippen molar-refractivity contribution in [3.8, 4) is 17.2 Å². The van der Waals surface area contributed by atoms with Gasteiger partial charge in [0, 0.05) is 18.6 Å². The van der Waals surface area contributed by atoms with Crippen LogP contribution in [0.2, 0.25) is 0 Å². The third-order valence-electron chi connectivity index (χ3n) is 5.08. The topological polar surface area (TPSA) is 105 Å². The van der Waals surface area contributed by atoms with Crippen LogP contribution in [0.4, 0.5) is 4.39 Å². The lowest BCUT2D eigenvalue weighted by Gasteiger charge is -2.16. The number of hydroxylamine groups is 1. The molecule has 1 heterocycles. The number of nitrogens with zero attached hydrogens (tertiary/aromatic N) is 2. The van der Waals surface area contributed by atoms with Crippen LogP contribution in [0.15, 0.2) is 59.2 Å². The Morgan fingerprint density at radius 3 is 2.65 bits per heavy atom. The molecule has 0 amide bonds. The molecule has 1 unspecified atom stereocenters. The summed E-state index contributed by atoms with van der Waals surface area (Å²) in [6, 6.07) is 13.0. The van der Waals surface area contributed by atoms with Crippen molar-refractivity contribution < 1.29 is 32.7 Å². The molecule has 37 heavy (non-hydrogen) atoms. The summed E-state index contributed by atoms with van der Waals surface area (Å²) in [6.07, 6.45) is 2.86. The zero-order chi connectivity index (χ0) is 26.5. The summed E-state index contributed by atoms with van der Waals surface area (Å²) in [5.41, 5.74) is 4.52. The summed E-state index contributed by atoms with van der Waals surface area (Å²) in [5, 5.41) is 8.12. The van der Waals surface area contributed by atoms with Crippen LogP contribution in [-0.4, -0.2) is 42.1 Å². The number of nitrogens with one attached hydrogen (secondary N) is 1. The lowest BCUT2D eigenvalue weighted by molar-refractivity contribution is -0.156. The van der Waals surface area contributed by atoms with Crippen molar-refractivity contribution in [2.24, 2.45) is 0 Å². The van der Waals surface area contributed by atoms with Gasteiger partial charge in [0.1, 0.15) is 17.8 Å². The van der Waals surface area contributed by atoms with E-state index in [0.29, 0.717) is 36.6 Å². The smallest absolute Gasteiger partial charge is 0.335 e. The first-order valence-corrected chi connectivity index (χ1v) is 12.3. The zero-order valence-corrected chi connectivity index (χ0v) is 21.2. The SMILES string of the molecule is CCCCONC(=COc1cccc(CC(OCC)C(=O)OCC)c1)c1nnc(-c2ccc(F)cc2)o1. The number of hydrogen-bond acceptors (Lipinski definition) is 9. The number of carbonyl (C=O) groups is 1. The Bertz CT molecular complexity index is 1150. The highest BCUT2D eigenvalue weighted by Gasteiger charge is 2.21. The Morgan fingerprint density at radius 1 is 1.11 bits per heavy atom. The molecule has 3 rings (SSSR count). The Hall–Kier alpha value is -3.76. The molecule has 0 fully saturated rings. The highest BCUT2D eigenvalue weighted by molar-refractivity contribution is 5.75. The highest BCUT2D eigenvalue weighted by Crippen LogP contribution is 2.22. The molecule has 2 aromatic carbocycles. The molecular formula is C27H32FN3O6. The second-order valence-corrected chi connectivity index (χ2v) is 7.92. The maximum Gasteiger partial charge on any atom is 0.335 e. The Labute approximate surface area is 215 Å². The molecule has 10 heteroatoms. The molecule has 0 aliphatic rings. The minimum atomic E-state index is -0.705. The first kappa shape index (κ1) is 27.8. The third kappa shape index (κ3) is 8.69. The van der Waals surface area contributed by atoms with Gasteiger partial charge in [0.15, 0.2) is 11.8 Å². The van der Waals surface area contributed by atoms with E-state index in [9.17, 15) is 9.18 Å². The second kappa shape index (κ2) is 14.7. The van der Waals surface area contributed by atoms with Gasteiger partial charge in [-0.25, -0.2) is 9.18 Å². The van der Waals surface area contributed by atoms with Crippen molar-refractivity contribution in [3.63, 3.8) is 0 Å². The van der Waals surface area contributed by atoms with Gasteiger partial charge in [-0.15, -0.1) is 10.2 Å². The number of carbonyl (C=O) groups excluding carboxylic acids is 1. The molecule has 0 spiro atoms. The molecule has 0 aliphatic carbocycles. The van der Waals surface area contributed by atoms with E-state index in [1.54, 1.807) is 31.2 Å². The molecule has 1 atom stereocenters. The summed E-state index contributed by atoms with van der Waals surface area (Å²) < 4.78 is 35.6. The van der Waals surface area contributed by atoms with Crippen LogP contribution in [0, 0.1) is 5.82 Å². The normalized spacial score (nSPS) is 12.3. The van der Waals surface area contributed by atoms with Crippen molar-refractivity contribution in [1.29, 1.82) is 0 Å². The summed E-state index contributed by atoms with van der Waals surface area (Å²) in [5.74, 6) is 0.104. The lowest BCUT2D eigenvalue weighted by Crippen LogP contribution is -2.29. The average molecular weight is 514 g/mol. The fourth-order valence-electron chi connectivity index (χ4n) is 3.24. The van der Waals surface area contributed by atoms with Gasteiger partial charge in [0.05, 0.1) is 13.2 Å². The van der Waals surface area contributed by atoms with E-state index < -0.39 is 12.1 Å². The molecular weight excluding hydrogens is 481 g/mol. The maximum atomic E-state index is 13.3. The first-order chi connectivity index (χ1) is 18.0. The van der Waals surface area contributed by atoms with Gasteiger partial charge in [-0.3, -0.25) is 10.3 Å². The van der Waals surface area contributed by atoms with Crippen LogP contribution in [0.1, 0.15) is 45.1 Å². The monoisotopic (exact) mass is 513 g/mol.